The molecule has 0 bridgehead atoms. The summed E-state index contributed by atoms with van der Waals surface area (Å²) < 4.78 is 38.8. The highest BCUT2D eigenvalue weighted by molar-refractivity contribution is 5.85. The number of carbonyl (C=O) groups is 2. The molecule has 0 aromatic rings. The van der Waals surface area contributed by atoms with E-state index >= 15 is 0 Å². The van der Waals surface area contributed by atoms with Gasteiger partial charge in [-0.3, -0.25) is 14.5 Å². The summed E-state index contributed by atoms with van der Waals surface area (Å²) in [4.78, 5) is 26.3. The predicted molar refractivity (Wildman–Crippen MR) is 84.0 cm³/mol. The lowest BCUT2D eigenvalue weighted by Gasteiger charge is -2.32. The molecular weight excluding hydrogens is 349 g/mol. The highest BCUT2D eigenvalue weighted by Crippen LogP contribution is 2.37. The molecule has 5 nitrogen and oxygen atoms in total. The molecule has 0 spiro atoms. The van der Waals surface area contributed by atoms with E-state index in [1.165, 1.54) is 4.90 Å². The van der Waals surface area contributed by atoms with Gasteiger partial charge in [0.25, 0.3) is 0 Å². The standard InChI is InChI=1S/C15H23F3N2O3.ClH/c1-19(10-5-3-2-4-6-10)13(21)9-20-7-11(14(22)23)12(8-20)15(16,17)18;/h10-12H,2-9H2,1H3,(H,22,23);1H/t11-,12-;/m1./s1. The number of aliphatic carboxylic acids is 1. The summed E-state index contributed by atoms with van der Waals surface area (Å²) in [5.41, 5.74) is 0. The Morgan fingerprint density at radius 3 is 2.21 bits per heavy atom. The fraction of sp³-hybridized carbons (Fsp3) is 0.867. The van der Waals surface area contributed by atoms with E-state index in [4.69, 9.17) is 5.11 Å². The molecule has 0 radical (unpaired) electrons. The number of amides is 1. The first-order chi connectivity index (χ1) is 10.7. The molecule has 2 aliphatic rings. The third kappa shape index (κ3) is 4.99. The minimum Gasteiger partial charge on any atom is -0.481 e. The smallest absolute Gasteiger partial charge is 0.393 e. The molecule has 9 heteroatoms. The van der Waals surface area contributed by atoms with Crippen molar-refractivity contribution in [2.24, 2.45) is 11.8 Å². The van der Waals surface area contributed by atoms with Gasteiger partial charge in [0.05, 0.1) is 18.4 Å². The monoisotopic (exact) mass is 372 g/mol. The quantitative estimate of drug-likeness (QED) is 0.823. The van der Waals surface area contributed by atoms with E-state index in [0.29, 0.717) is 0 Å². The van der Waals surface area contributed by atoms with E-state index in [1.54, 1.807) is 11.9 Å². The molecule has 1 saturated heterocycles. The number of likely N-dealkylation sites (N-methyl/N-ethyl adjacent to an activating group) is 1. The van der Waals surface area contributed by atoms with Crippen LogP contribution >= 0.6 is 12.4 Å². The molecule has 1 aliphatic heterocycles. The van der Waals surface area contributed by atoms with Crippen LogP contribution in [0.5, 0.6) is 0 Å². The van der Waals surface area contributed by atoms with Crippen LogP contribution in [0.25, 0.3) is 0 Å². The molecular formula is C15H24ClF3N2O3. The second-order valence-electron chi connectivity index (χ2n) is 6.58. The molecule has 2 fully saturated rings. The van der Waals surface area contributed by atoms with Gasteiger partial charge in [-0.2, -0.15) is 13.2 Å². The van der Waals surface area contributed by atoms with Crippen LogP contribution in [0.4, 0.5) is 13.2 Å². The van der Waals surface area contributed by atoms with Crippen LogP contribution in [0.3, 0.4) is 0 Å². The lowest BCUT2D eigenvalue weighted by molar-refractivity contribution is -0.188. The zero-order chi connectivity index (χ0) is 17.2. The van der Waals surface area contributed by atoms with Crippen molar-refractivity contribution in [3.05, 3.63) is 0 Å². The molecule has 1 N–H and O–H groups in total. The fourth-order valence-corrected chi connectivity index (χ4v) is 3.57. The Hall–Kier alpha value is -1.02. The number of hydrogen-bond acceptors (Lipinski definition) is 3. The summed E-state index contributed by atoms with van der Waals surface area (Å²) in [6.45, 7) is -0.808. The highest BCUT2D eigenvalue weighted by atomic mass is 35.5. The van der Waals surface area contributed by atoms with E-state index in [2.05, 4.69) is 0 Å². The summed E-state index contributed by atoms with van der Waals surface area (Å²) in [6.07, 6.45) is 0.553. The third-order valence-corrected chi connectivity index (χ3v) is 5.01. The Labute approximate surface area is 145 Å². The van der Waals surface area contributed by atoms with Gasteiger partial charge >= 0.3 is 12.1 Å². The Balaban J connectivity index is 0.00000288. The first-order valence-corrected chi connectivity index (χ1v) is 7.97. The van der Waals surface area contributed by atoms with Crippen LogP contribution in [0.1, 0.15) is 32.1 Å². The van der Waals surface area contributed by atoms with E-state index in [9.17, 15) is 22.8 Å². The molecule has 0 aromatic heterocycles. The summed E-state index contributed by atoms with van der Waals surface area (Å²) in [7, 11) is 1.68. The molecule has 1 heterocycles. The van der Waals surface area contributed by atoms with Gasteiger partial charge in [-0.1, -0.05) is 19.3 Å². The lowest BCUT2D eigenvalue weighted by atomic mass is 9.94. The van der Waals surface area contributed by atoms with Gasteiger partial charge in [0, 0.05) is 26.2 Å². The van der Waals surface area contributed by atoms with Gasteiger partial charge in [0.2, 0.25) is 5.91 Å². The second kappa shape index (κ2) is 8.38. The van der Waals surface area contributed by atoms with Crippen molar-refractivity contribution in [1.82, 2.24) is 9.80 Å². The number of carboxylic acid groups (broad SMARTS) is 1. The maximum Gasteiger partial charge on any atom is 0.393 e. The number of carboxylic acids is 1. The molecule has 1 saturated carbocycles. The van der Waals surface area contributed by atoms with E-state index in [1.807, 2.05) is 0 Å². The Morgan fingerprint density at radius 2 is 1.75 bits per heavy atom. The number of likely N-dealkylation sites (tertiary alicyclic amines) is 1. The fourth-order valence-electron chi connectivity index (χ4n) is 3.57. The first kappa shape index (κ1) is 21.0. The number of carbonyl (C=O) groups excluding carboxylic acids is 1. The Bertz CT molecular complexity index is 456. The molecule has 1 aliphatic carbocycles. The van der Waals surface area contributed by atoms with Crippen molar-refractivity contribution in [1.29, 1.82) is 0 Å². The summed E-state index contributed by atoms with van der Waals surface area (Å²) in [5, 5.41) is 8.99. The van der Waals surface area contributed by atoms with Crippen molar-refractivity contribution in [2.75, 3.05) is 26.7 Å². The Morgan fingerprint density at radius 1 is 1.17 bits per heavy atom. The Kier molecular flexibility index (Phi) is 7.34. The minimum absolute atomic E-state index is 0. The van der Waals surface area contributed by atoms with Crippen molar-refractivity contribution in [3.8, 4) is 0 Å². The average molecular weight is 373 g/mol. The number of rotatable bonds is 4. The lowest BCUT2D eigenvalue weighted by Crippen LogP contribution is -2.44. The summed E-state index contributed by atoms with van der Waals surface area (Å²) in [5.74, 6) is -5.10. The summed E-state index contributed by atoms with van der Waals surface area (Å²) in [6, 6.07) is 0.146. The van der Waals surface area contributed by atoms with Crippen molar-refractivity contribution >= 4 is 24.3 Å². The normalized spacial score (nSPS) is 26.0. The minimum atomic E-state index is -4.56. The maximum absolute atomic E-state index is 12.9. The average Bonchev–Trinajstić information content (AvgIpc) is 2.91. The number of hydrogen-bond donors (Lipinski definition) is 1. The van der Waals surface area contributed by atoms with Crippen LogP contribution in [-0.2, 0) is 9.59 Å². The zero-order valence-corrected chi connectivity index (χ0v) is 14.4. The zero-order valence-electron chi connectivity index (χ0n) is 13.6. The van der Waals surface area contributed by atoms with Crippen LogP contribution in [0.2, 0.25) is 0 Å². The third-order valence-electron chi connectivity index (χ3n) is 5.01. The number of alkyl halides is 3. The summed E-state index contributed by atoms with van der Waals surface area (Å²) >= 11 is 0. The van der Waals surface area contributed by atoms with Crippen LogP contribution in [-0.4, -0.2) is 65.7 Å². The molecule has 24 heavy (non-hydrogen) atoms. The van der Waals surface area contributed by atoms with Crippen LogP contribution < -0.4 is 0 Å². The second-order valence-corrected chi connectivity index (χ2v) is 6.58. The van der Waals surface area contributed by atoms with Gasteiger partial charge in [-0.15, -0.1) is 12.4 Å². The van der Waals surface area contributed by atoms with Gasteiger partial charge < -0.3 is 10.0 Å². The van der Waals surface area contributed by atoms with Gasteiger partial charge in [0.1, 0.15) is 0 Å². The van der Waals surface area contributed by atoms with E-state index in [0.717, 1.165) is 32.1 Å². The predicted octanol–water partition coefficient (Wildman–Crippen LogP) is 2.39. The van der Waals surface area contributed by atoms with Crippen LogP contribution in [0.15, 0.2) is 0 Å². The van der Waals surface area contributed by atoms with E-state index < -0.39 is 30.5 Å². The molecule has 0 aromatic carbocycles. The largest absolute Gasteiger partial charge is 0.481 e. The van der Waals surface area contributed by atoms with Gasteiger partial charge in [0.15, 0.2) is 0 Å². The highest BCUT2D eigenvalue weighted by Gasteiger charge is 2.52. The van der Waals surface area contributed by atoms with Gasteiger partial charge in [-0.05, 0) is 12.8 Å². The maximum atomic E-state index is 12.9. The van der Waals surface area contributed by atoms with Crippen molar-refractivity contribution in [3.63, 3.8) is 0 Å². The molecule has 1 amide bonds. The van der Waals surface area contributed by atoms with Crippen LogP contribution in [0, 0.1) is 11.8 Å². The number of nitrogens with zero attached hydrogens (tertiary/aromatic N) is 2. The molecule has 140 valence electrons. The molecule has 0 unspecified atom stereocenters. The topological polar surface area (TPSA) is 60.9 Å². The van der Waals surface area contributed by atoms with Crippen molar-refractivity contribution in [2.45, 2.75) is 44.3 Å². The first-order valence-electron chi connectivity index (χ1n) is 7.97. The SMILES string of the molecule is CN(C(=O)CN1C[C@@H](C(F)(F)F)[C@H](C(=O)O)C1)C1CCCCC1.Cl. The van der Waals surface area contributed by atoms with E-state index in [-0.39, 0.29) is 37.4 Å². The number of halogens is 4. The van der Waals surface area contributed by atoms with Crippen molar-refractivity contribution < 1.29 is 27.9 Å². The molecule has 2 rings (SSSR count). The molecule has 2 atom stereocenters. The van der Waals surface area contributed by atoms with Gasteiger partial charge in [-0.25, -0.2) is 0 Å².